The molecule has 0 nitrogen and oxygen atoms in total. The van der Waals surface area contributed by atoms with E-state index in [1.165, 1.54) is 30.1 Å². The molecular formula is C7H14S3. The first kappa shape index (κ1) is 9.14. The Morgan fingerprint density at radius 1 is 1.40 bits per heavy atom. The first-order valence-electron chi connectivity index (χ1n) is 3.73. The van der Waals surface area contributed by atoms with Crippen LogP contribution in [0.25, 0.3) is 0 Å². The van der Waals surface area contributed by atoms with E-state index in [-0.39, 0.29) is 0 Å². The SMILES string of the molecule is SCCCC1CSCCS1. The molecule has 0 aromatic rings. The van der Waals surface area contributed by atoms with Crippen LogP contribution < -0.4 is 0 Å². The highest BCUT2D eigenvalue weighted by atomic mass is 32.2. The molecule has 0 bridgehead atoms. The molecule has 0 saturated carbocycles. The Morgan fingerprint density at radius 2 is 2.30 bits per heavy atom. The molecule has 0 spiro atoms. The number of thioether (sulfide) groups is 2. The summed E-state index contributed by atoms with van der Waals surface area (Å²) in [5, 5.41) is 0.936. The summed E-state index contributed by atoms with van der Waals surface area (Å²) in [7, 11) is 0. The Balaban J connectivity index is 2.02. The minimum Gasteiger partial charge on any atom is -0.179 e. The Labute approximate surface area is 77.3 Å². The van der Waals surface area contributed by atoms with Crippen LogP contribution in [-0.2, 0) is 0 Å². The maximum atomic E-state index is 4.20. The zero-order chi connectivity index (χ0) is 7.23. The monoisotopic (exact) mass is 194 g/mol. The minimum atomic E-state index is 0.936. The summed E-state index contributed by atoms with van der Waals surface area (Å²) >= 11 is 8.46. The molecule has 1 aliphatic heterocycles. The van der Waals surface area contributed by atoms with Crippen LogP contribution >= 0.6 is 36.2 Å². The van der Waals surface area contributed by atoms with Gasteiger partial charge in [-0.15, -0.1) is 0 Å². The predicted molar refractivity (Wildman–Crippen MR) is 56.7 cm³/mol. The molecule has 1 aliphatic rings. The summed E-state index contributed by atoms with van der Waals surface area (Å²) in [4.78, 5) is 0. The number of hydrogen-bond donors (Lipinski definition) is 1. The maximum absolute atomic E-state index is 4.20. The third-order valence-corrected chi connectivity index (χ3v) is 4.80. The zero-order valence-corrected chi connectivity index (χ0v) is 8.61. The van der Waals surface area contributed by atoms with E-state index in [0.29, 0.717) is 0 Å². The number of thiol groups is 1. The van der Waals surface area contributed by atoms with Crippen LogP contribution in [0.1, 0.15) is 12.8 Å². The van der Waals surface area contributed by atoms with E-state index in [9.17, 15) is 0 Å². The molecule has 0 amide bonds. The minimum absolute atomic E-state index is 0.936. The Bertz CT molecular complexity index is 78.9. The van der Waals surface area contributed by atoms with Crippen molar-refractivity contribution < 1.29 is 0 Å². The fourth-order valence-corrected chi connectivity index (χ4v) is 4.00. The number of hydrogen-bond acceptors (Lipinski definition) is 3. The van der Waals surface area contributed by atoms with Gasteiger partial charge >= 0.3 is 0 Å². The van der Waals surface area contributed by atoms with Gasteiger partial charge in [0.05, 0.1) is 0 Å². The van der Waals surface area contributed by atoms with E-state index in [0.717, 1.165) is 11.0 Å². The second-order valence-corrected chi connectivity index (χ2v) is 5.44. The van der Waals surface area contributed by atoms with Gasteiger partial charge < -0.3 is 0 Å². The average Bonchev–Trinajstić information content (AvgIpc) is 2.03. The van der Waals surface area contributed by atoms with Crippen LogP contribution in [0.15, 0.2) is 0 Å². The molecule has 1 fully saturated rings. The van der Waals surface area contributed by atoms with Gasteiger partial charge in [0.25, 0.3) is 0 Å². The summed E-state index contributed by atoms with van der Waals surface area (Å²) in [6.45, 7) is 0. The van der Waals surface area contributed by atoms with Crippen LogP contribution in [0.2, 0.25) is 0 Å². The molecule has 10 heavy (non-hydrogen) atoms. The molecule has 0 aromatic carbocycles. The summed E-state index contributed by atoms with van der Waals surface area (Å²) in [5.41, 5.74) is 0. The van der Waals surface area contributed by atoms with Crippen molar-refractivity contribution in [2.24, 2.45) is 0 Å². The van der Waals surface area contributed by atoms with Gasteiger partial charge in [0.2, 0.25) is 0 Å². The lowest BCUT2D eigenvalue weighted by Gasteiger charge is -2.20. The van der Waals surface area contributed by atoms with Crippen molar-refractivity contribution in [2.45, 2.75) is 18.1 Å². The highest BCUT2D eigenvalue weighted by Gasteiger charge is 2.12. The molecule has 3 heteroatoms. The smallest absolute Gasteiger partial charge is 0.0138 e. The van der Waals surface area contributed by atoms with Gasteiger partial charge in [-0.3, -0.25) is 0 Å². The van der Waals surface area contributed by atoms with Crippen LogP contribution in [-0.4, -0.2) is 28.3 Å². The molecule has 1 unspecified atom stereocenters. The predicted octanol–water partition coefficient (Wildman–Crippen LogP) is 2.55. The van der Waals surface area contributed by atoms with Gasteiger partial charge in [-0.1, -0.05) is 0 Å². The fraction of sp³-hybridized carbons (Fsp3) is 1.00. The Kier molecular flexibility index (Phi) is 5.18. The quantitative estimate of drug-likeness (QED) is 0.686. The largest absolute Gasteiger partial charge is 0.179 e. The highest BCUT2D eigenvalue weighted by Crippen LogP contribution is 2.26. The van der Waals surface area contributed by atoms with Crippen molar-refractivity contribution in [3.63, 3.8) is 0 Å². The van der Waals surface area contributed by atoms with Gasteiger partial charge in [-0.2, -0.15) is 36.2 Å². The van der Waals surface area contributed by atoms with Crippen molar-refractivity contribution in [3.05, 3.63) is 0 Å². The molecule has 0 aromatic heterocycles. The molecule has 0 aliphatic carbocycles. The van der Waals surface area contributed by atoms with Crippen LogP contribution in [0.5, 0.6) is 0 Å². The van der Waals surface area contributed by atoms with E-state index in [4.69, 9.17) is 0 Å². The van der Waals surface area contributed by atoms with Crippen LogP contribution in [0, 0.1) is 0 Å². The second kappa shape index (κ2) is 5.67. The van der Waals surface area contributed by atoms with E-state index >= 15 is 0 Å². The molecular weight excluding hydrogens is 180 g/mol. The first-order valence-corrected chi connectivity index (χ1v) is 6.57. The van der Waals surface area contributed by atoms with Crippen LogP contribution in [0.3, 0.4) is 0 Å². The standard InChI is InChI=1S/C7H14S3/c8-3-1-2-7-6-9-4-5-10-7/h7-8H,1-6H2. The third kappa shape index (κ3) is 3.44. The molecule has 1 atom stereocenters. The van der Waals surface area contributed by atoms with Gasteiger partial charge in [-0.05, 0) is 18.6 Å². The molecule has 1 rings (SSSR count). The van der Waals surface area contributed by atoms with Crippen LogP contribution in [0.4, 0.5) is 0 Å². The topological polar surface area (TPSA) is 0 Å². The zero-order valence-electron chi connectivity index (χ0n) is 6.08. The van der Waals surface area contributed by atoms with Crippen molar-refractivity contribution in [2.75, 3.05) is 23.0 Å². The Hall–Kier alpha value is 1.05. The number of rotatable bonds is 3. The van der Waals surface area contributed by atoms with Gasteiger partial charge in [0.1, 0.15) is 0 Å². The summed E-state index contributed by atoms with van der Waals surface area (Å²) in [5.74, 6) is 5.16. The molecule has 60 valence electrons. The van der Waals surface area contributed by atoms with Crippen molar-refractivity contribution >= 4 is 36.2 Å². The van der Waals surface area contributed by atoms with Crippen molar-refractivity contribution in [1.29, 1.82) is 0 Å². The van der Waals surface area contributed by atoms with E-state index < -0.39 is 0 Å². The average molecular weight is 194 g/mol. The molecule has 1 heterocycles. The maximum Gasteiger partial charge on any atom is 0.0138 e. The normalized spacial score (nSPS) is 26.7. The van der Waals surface area contributed by atoms with E-state index in [1.54, 1.807) is 0 Å². The molecule has 1 saturated heterocycles. The fourth-order valence-electron chi connectivity index (χ4n) is 1.02. The molecule has 0 N–H and O–H groups in total. The first-order chi connectivity index (χ1) is 4.93. The van der Waals surface area contributed by atoms with Gasteiger partial charge in [-0.25, -0.2) is 0 Å². The van der Waals surface area contributed by atoms with E-state index in [2.05, 4.69) is 36.2 Å². The lowest BCUT2D eigenvalue weighted by Crippen LogP contribution is -2.13. The lowest BCUT2D eigenvalue weighted by atomic mass is 10.3. The van der Waals surface area contributed by atoms with Crippen molar-refractivity contribution in [3.8, 4) is 0 Å². The summed E-state index contributed by atoms with van der Waals surface area (Å²) in [6.07, 6.45) is 2.67. The summed E-state index contributed by atoms with van der Waals surface area (Å²) in [6, 6.07) is 0. The summed E-state index contributed by atoms with van der Waals surface area (Å²) < 4.78 is 0. The van der Waals surface area contributed by atoms with E-state index in [1.807, 2.05) is 0 Å². The third-order valence-electron chi connectivity index (χ3n) is 1.57. The Morgan fingerprint density at radius 3 is 2.90 bits per heavy atom. The van der Waals surface area contributed by atoms with Gasteiger partial charge in [0.15, 0.2) is 0 Å². The lowest BCUT2D eigenvalue weighted by molar-refractivity contribution is 0.800. The molecule has 0 radical (unpaired) electrons. The second-order valence-electron chi connectivity index (χ2n) is 2.43. The van der Waals surface area contributed by atoms with Crippen molar-refractivity contribution in [1.82, 2.24) is 0 Å². The van der Waals surface area contributed by atoms with Gasteiger partial charge in [0, 0.05) is 22.5 Å². The highest BCUT2D eigenvalue weighted by molar-refractivity contribution is 8.06.